The molecule has 0 spiro atoms. The summed E-state index contributed by atoms with van der Waals surface area (Å²) in [7, 11) is -3.95. The molecule has 12 nitrogen and oxygen atoms in total. The number of rotatable bonds is 8. The van der Waals surface area contributed by atoms with E-state index >= 15 is 0 Å². The minimum absolute atomic E-state index is 0.00834. The maximum absolute atomic E-state index is 12.4. The van der Waals surface area contributed by atoms with Crippen LogP contribution in [0.5, 0.6) is 0 Å². The lowest BCUT2D eigenvalue weighted by Crippen LogP contribution is -2.45. The first-order valence-electron chi connectivity index (χ1n) is 12.4. The zero-order chi connectivity index (χ0) is 28.1. The standard InChI is InChI=1S/C21H27N5O4S.C4H9NO2/c1-15-13-24-19(14-23-15)20(27)22-12-11-16-7-9-18(10-8-16)31(29,30)26-21(28)25-17-5-3-2-4-6-17;1-3(2)7-4(5)6/h7-10,13-14,17H,2-6,11-12H2,1H3,(H,22,27)(H2,25,26,28);3H,1-2H3,(H2,5,6). The molecule has 2 aromatic rings. The quantitative estimate of drug-likeness (QED) is 0.388. The molecule has 1 aliphatic rings. The molecule has 4 amide bonds. The van der Waals surface area contributed by atoms with E-state index in [-0.39, 0.29) is 28.6 Å². The van der Waals surface area contributed by atoms with Gasteiger partial charge >= 0.3 is 12.1 Å². The molecule has 5 N–H and O–H groups in total. The highest BCUT2D eigenvalue weighted by atomic mass is 32.2. The van der Waals surface area contributed by atoms with Crippen molar-refractivity contribution in [3.05, 3.63) is 53.6 Å². The van der Waals surface area contributed by atoms with Crippen LogP contribution in [0, 0.1) is 6.92 Å². The molecule has 1 fully saturated rings. The van der Waals surface area contributed by atoms with Crippen LogP contribution in [-0.4, -0.2) is 55.1 Å². The molecule has 3 rings (SSSR count). The average Bonchev–Trinajstić information content (AvgIpc) is 2.84. The molecule has 1 saturated carbocycles. The van der Waals surface area contributed by atoms with E-state index in [0.29, 0.717) is 13.0 Å². The highest BCUT2D eigenvalue weighted by molar-refractivity contribution is 7.90. The van der Waals surface area contributed by atoms with Gasteiger partial charge < -0.3 is 21.1 Å². The van der Waals surface area contributed by atoms with E-state index < -0.39 is 22.1 Å². The Bertz CT molecular complexity index is 1160. The third-order valence-electron chi connectivity index (χ3n) is 5.47. The Hall–Kier alpha value is -3.74. The van der Waals surface area contributed by atoms with Crippen molar-refractivity contribution >= 4 is 28.1 Å². The predicted octanol–water partition coefficient (Wildman–Crippen LogP) is 2.57. The molecule has 0 unspecified atom stereocenters. The molecule has 0 bridgehead atoms. The van der Waals surface area contributed by atoms with Gasteiger partial charge in [0.1, 0.15) is 5.69 Å². The van der Waals surface area contributed by atoms with Crippen molar-refractivity contribution in [1.29, 1.82) is 0 Å². The number of aromatic nitrogens is 2. The number of nitrogens with zero attached hydrogens (tertiary/aromatic N) is 2. The first-order chi connectivity index (χ1) is 18.0. The first kappa shape index (κ1) is 30.5. The van der Waals surface area contributed by atoms with Gasteiger partial charge in [-0.1, -0.05) is 31.4 Å². The van der Waals surface area contributed by atoms with Crippen molar-refractivity contribution in [2.75, 3.05) is 6.54 Å². The largest absolute Gasteiger partial charge is 0.447 e. The van der Waals surface area contributed by atoms with Crippen LogP contribution in [0.3, 0.4) is 0 Å². The van der Waals surface area contributed by atoms with Gasteiger partial charge in [0.05, 0.1) is 22.9 Å². The van der Waals surface area contributed by atoms with E-state index in [4.69, 9.17) is 0 Å². The van der Waals surface area contributed by atoms with Crippen molar-refractivity contribution in [3.8, 4) is 0 Å². The molecule has 1 aliphatic carbocycles. The lowest BCUT2D eigenvalue weighted by atomic mass is 9.96. The monoisotopic (exact) mass is 548 g/mol. The summed E-state index contributed by atoms with van der Waals surface area (Å²) in [6, 6.07) is 5.53. The van der Waals surface area contributed by atoms with Crippen LogP contribution in [0.1, 0.15) is 67.7 Å². The van der Waals surface area contributed by atoms with Crippen molar-refractivity contribution in [2.45, 2.75) is 76.3 Å². The first-order valence-corrected chi connectivity index (χ1v) is 13.9. The lowest BCUT2D eigenvalue weighted by molar-refractivity contribution is 0.0948. The summed E-state index contributed by atoms with van der Waals surface area (Å²) in [6.45, 7) is 5.63. The zero-order valence-corrected chi connectivity index (χ0v) is 22.7. The molecular formula is C25H36N6O6S. The number of hydrogen-bond donors (Lipinski definition) is 4. The second-order valence-corrected chi connectivity index (χ2v) is 10.8. The fourth-order valence-corrected chi connectivity index (χ4v) is 4.55. The number of sulfonamides is 1. The molecule has 1 aromatic carbocycles. The molecule has 13 heteroatoms. The number of nitrogens with two attached hydrogens (primary N) is 1. The van der Waals surface area contributed by atoms with Crippen LogP contribution in [0.25, 0.3) is 0 Å². The molecule has 208 valence electrons. The summed E-state index contributed by atoms with van der Waals surface area (Å²) in [5.74, 6) is -0.320. The van der Waals surface area contributed by atoms with Crippen molar-refractivity contribution in [2.24, 2.45) is 5.73 Å². The SMILES string of the molecule is CC(C)OC(N)=O.Cc1cnc(C(=O)NCCc2ccc(S(=O)(=O)NC(=O)NC3CCCCC3)cc2)cn1. The number of benzene rings is 1. The van der Waals surface area contributed by atoms with Crippen molar-refractivity contribution in [3.63, 3.8) is 0 Å². The van der Waals surface area contributed by atoms with E-state index in [1.54, 1.807) is 32.9 Å². The number of carbonyl (C=O) groups is 3. The van der Waals surface area contributed by atoms with Crippen molar-refractivity contribution in [1.82, 2.24) is 25.3 Å². The van der Waals surface area contributed by atoms with Gasteiger partial charge in [-0.05, 0) is 57.7 Å². The summed E-state index contributed by atoms with van der Waals surface area (Å²) in [6.07, 6.45) is 7.61. The molecule has 0 saturated heterocycles. The number of amides is 4. The Labute approximate surface area is 223 Å². The van der Waals surface area contributed by atoms with Gasteiger partial charge in [0.25, 0.3) is 15.9 Å². The third-order valence-corrected chi connectivity index (χ3v) is 6.81. The predicted molar refractivity (Wildman–Crippen MR) is 141 cm³/mol. The van der Waals surface area contributed by atoms with Crippen LogP contribution in [0.4, 0.5) is 9.59 Å². The third kappa shape index (κ3) is 11.1. The zero-order valence-electron chi connectivity index (χ0n) is 21.9. The van der Waals surface area contributed by atoms with Gasteiger partial charge in [-0.2, -0.15) is 0 Å². The number of ether oxygens (including phenoxy) is 1. The minimum Gasteiger partial charge on any atom is -0.447 e. The van der Waals surface area contributed by atoms with Crippen LogP contribution in [0.15, 0.2) is 41.6 Å². The number of carbonyl (C=O) groups excluding carboxylic acids is 3. The van der Waals surface area contributed by atoms with E-state index in [0.717, 1.165) is 43.4 Å². The van der Waals surface area contributed by atoms with E-state index in [1.165, 1.54) is 24.5 Å². The smallest absolute Gasteiger partial charge is 0.404 e. The van der Waals surface area contributed by atoms with Gasteiger partial charge in [0.2, 0.25) is 0 Å². The molecule has 0 radical (unpaired) electrons. The Morgan fingerprint density at radius 2 is 1.71 bits per heavy atom. The highest BCUT2D eigenvalue weighted by Gasteiger charge is 2.21. The summed E-state index contributed by atoms with van der Waals surface area (Å²) >= 11 is 0. The van der Waals surface area contributed by atoms with Crippen LogP contribution in [0.2, 0.25) is 0 Å². The fourth-order valence-electron chi connectivity index (χ4n) is 3.63. The lowest BCUT2D eigenvalue weighted by Gasteiger charge is -2.22. The fraction of sp³-hybridized carbons (Fsp3) is 0.480. The van der Waals surface area contributed by atoms with E-state index in [1.807, 2.05) is 0 Å². The molecular weight excluding hydrogens is 512 g/mol. The Morgan fingerprint density at radius 3 is 2.24 bits per heavy atom. The highest BCUT2D eigenvalue weighted by Crippen LogP contribution is 2.17. The Balaban J connectivity index is 0.000000638. The maximum Gasteiger partial charge on any atom is 0.404 e. The van der Waals surface area contributed by atoms with Crippen molar-refractivity contribution < 1.29 is 27.5 Å². The Morgan fingerprint density at radius 1 is 1.05 bits per heavy atom. The normalized spacial score (nSPS) is 13.6. The number of hydrogen-bond acceptors (Lipinski definition) is 8. The van der Waals surface area contributed by atoms with Crippen LogP contribution in [-0.2, 0) is 21.2 Å². The number of nitrogens with one attached hydrogen (secondary N) is 3. The van der Waals surface area contributed by atoms with E-state index in [2.05, 4.69) is 35.8 Å². The van der Waals surface area contributed by atoms with Gasteiger partial charge in [-0.3, -0.25) is 9.78 Å². The average molecular weight is 549 g/mol. The van der Waals surface area contributed by atoms with Gasteiger partial charge in [0, 0.05) is 18.8 Å². The Kier molecular flexibility index (Phi) is 11.9. The topological polar surface area (TPSA) is 182 Å². The summed E-state index contributed by atoms with van der Waals surface area (Å²) in [5.41, 5.74) is 6.45. The van der Waals surface area contributed by atoms with Crippen LogP contribution >= 0.6 is 0 Å². The molecule has 38 heavy (non-hydrogen) atoms. The summed E-state index contributed by atoms with van der Waals surface area (Å²) in [4.78, 5) is 42.0. The minimum atomic E-state index is -3.95. The van der Waals surface area contributed by atoms with E-state index in [9.17, 15) is 22.8 Å². The molecule has 0 aliphatic heterocycles. The maximum atomic E-state index is 12.4. The molecule has 1 heterocycles. The number of primary amides is 1. The van der Waals surface area contributed by atoms with Gasteiger partial charge in [0.15, 0.2) is 0 Å². The molecule has 1 aromatic heterocycles. The molecule has 0 atom stereocenters. The van der Waals surface area contributed by atoms with Gasteiger partial charge in [-0.25, -0.2) is 27.7 Å². The number of urea groups is 1. The second kappa shape index (κ2) is 14.9. The second-order valence-electron chi connectivity index (χ2n) is 9.09. The van der Waals surface area contributed by atoms with Gasteiger partial charge in [-0.15, -0.1) is 0 Å². The summed E-state index contributed by atoms with van der Waals surface area (Å²) < 4.78 is 31.3. The summed E-state index contributed by atoms with van der Waals surface area (Å²) in [5, 5.41) is 5.48. The van der Waals surface area contributed by atoms with Crippen LogP contribution < -0.4 is 21.1 Å². The number of aryl methyl sites for hydroxylation is 1.